The lowest BCUT2D eigenvalue weighted by Crippen LogP contribution is -2.30. The van der Waals surface area contributed by atoms with Crippen LogP contribution in [0.2, 0.25) is 0 Å². The van der Waals surface area contributed by atoms with Gasteiger partial charge >= 0.3 is 39.5 Å². The van der Waals surface area contributed by atoms with Gasteiger partial charge in [-0.05, 0) is 31.6 Å². The van der Waals surface area contributed by atoms with Crippen molar-refractivity contribution in [3.05, 3.63) is 0 Å². The molecular weight excluding hydrogens is 1340 g/mol. The van der Waals surface area contributed by atoms with Gasteiger partial charge in [0.1, 0.15) is 19.3 Å². The molecule has 0 aliphatic rings. The van der Waals surface area contributed by atoms with E-state index in [2.05, 4.69) is 34.6 Å². The predicted molar refractivity (Wildman–Crippen MR) is 423 cm³/mol. The molecule has 0 spiro atoms. The van der Waals surface area contributed by atoms with E-state index in [4.69, 9.17) is 37.0 Å². The molecule has 0 aliphatic carbocycles. The van der Waals surface area contributed by atoms with Gasteiger partial charge in [0.15, 0.2) is 12.2 Å². The molecule has 0 aromatic rings. The van der Waals surface area contributed by atoms with Crippen LogP contribution in [0.1, 0.15) is 452 Å². The average molecular weight is 1510 g/mol. The van der Waals surface area contributed by atoms with E-state index in [1.165, 1.54) is 270 Å². The minimum Gasteiger partial charge on any atom is -0.462 e. The highest BCUT2D eigenvalue weighted by molar-refractivity contribution is 7.47. The second-order valence-electron chi connectivity index (χ2n) is 30.7. The quantitative estimate of drug-likeness (QED) is 0.0222. The number of esters is 4. The number of hydrogen-bond donors (Lipinski definition) is 3. The maximum absolute atomic E-state index is 13.1. The van der Waals surface area contributed by atoms with Gasteiger partial charge in [-0.2, -0.15) is 0 Å². The van der Waals surface area contributed by atoms with Gasteiger partial charge < -0.3 is 33.8 Å². The first kappa shape index (κ1) is 101. The van der Waals surface area contributed by atoms with Crippen LogP contribution < -0.4 is 0 Å². The first-order chi connectivity index (χ1) is 50.0. The summed E-state index contributed by atoms with van der Waals surface area (Å²) in [6.07, 6.45) is 69.7. The summed E-state index contributed by atoms with van der Waals surface area (Å²) >= 11 is 0. The molecule has 0 amide bonds. The van der Waals surface area contributed by atoms with Gasteiger partial charge in [0.25, 0.3) is 0 Å². The third kappa shape index (κ3) is 78.0. The molecule has 0 aromatic carbocycles. The van der Waals surface area contributed by atoms with Gasteiger partial charge in [-0.15, -0.1) is 0 Å². The number of carbonyl (C=O) groups excluding carboxylic acids is 4. The Balaban J connectivity index is 5.19. The van der Waals surface area contributed by atoms with E-state index in [-0.39, 0.29) is 25.7 Å². The lowest BCUT2D eigenvalue weighted by atomic mass is 10.0. The summed E-state index contributed by atoms with van der Waals surface area (Å²) < 4.78 is 68.8. The van der Waals surface area contributed by atoms with Crippen LogP contribution in [0.5, 0.6) is 0 Å². The monoisotopic (exact) mass is 1510 g/mol. The van der Waals surface area contributed by atoms with E-state index in [9.17, 15) is 43.2 Å². The summed E-state index contributed by atoms with van der Waals surface area (Å²) in [4.78, 5) is 73.1. The number of phosphoric ester groups is 2. The Kier molecular flexibility index (Phi) is 75.4. The Hall–Kier alpha value is -1.94. The van der Waals surface area contributed by atoms with E-state index in [0.717, 1.165) is 96.3 Å². The SMILES string of the molecule is CCCCCCCCCCCCCCCCCCCCCCCCC(=O)O[C@H](COC(=O)CCCCCCCCCCCCCCCCCCCCC)COP(=O)(O)OC[C@@H](O)COP(=O)(O)OC[C@@H](COC(=O)CCCCCCCCCC(C)C)OC(=O)CCCCCCCCCCCCCC. The van der Waals surface area contributed by atoms with Gasteiger partial charge in [-0.1, -0.05) is 401 Å². The maximum Gasteiger partial charge on any atom is 0.472 e. The van der Waals surface area contributed by atoms with Crippen molar-refractivity contribution in [2.24, 2.45) is 5.92 Å². The van der Waals surface area contributed by atoms with Crippen LogP contribution in [-0.2, 0) is 65.4 Å². The molecule has 0 rings (SSSR count). The molecule has 0 saturated carbocycles. The smallest absolute Gasteiger partial charge is 0.462 e. The zero-order chi connectivity index (χ0) is 75.5. The first-order valence-corrected chi connectivity index (χ1v) is 46.6. The van der Waals surface area contributed by atoms with Crippen LogP contribution in [0.3, 0.4) is 0 Å². The molecule has 0 saturated heterocycles. The topological polar surface area (TPSA) is 237 Å². The van der Waals surface area contributed by atoms with Crippen LogP contribution in [0, 0.1) is 5.92 Å². The molecule has 2 unspecified atom stereocenters. The number of ether oxygens (including phenoxy) is 4. The van der Waals surface area contributed by atoms with Gasteiger partial charge in [-0.3, -0.25) is 37.3 Å². The Morgan fingerprint density at radius 1 is 0.262 bits per heavy atom. The van der Waals surface area contributed by atoms with Crippen LogP contribution in [-0.4, -0.2) is 96.7 Å². The molecule has 0 aliphatic heterocycles. The van der Waals surface area contributed by atoms with E-state index in [1.807, 2.05) is 0 Å². The van der Waals surface area contributed by atoms with Crippen molar-refractivity contribution >= 4 is 39.5 Å². The first-order valence-electron chi connectivity index (χ1n) is 43.6. The van der Waals surface area contributed by atoms with Crippen LogP contribution in [0.25, 0.3) is 0 Å². The fourth-order valence-corrected chi connectivity index (χ4v) is 14.7. The minimum atomic E-state index is -4.96. The van der Waals surface area contributed by atoms with Crippen molar-refractivity contribution in [1.29, 1.82) is 0 Å². The lowest BCUT2D eigenvalue weighted by Gasteiger charge is -2.21. The molecule has 5 atom stereocenters. The lowest BCUT2D eigenvalue weighted by molar-refractivity contribution is -0.161. The van der Waals surface area contributed by atoms with E-state index >= 15 is 0 Å². The molecule has 17 nitrogen and oxygen atoms in total. The molecule has 0 heterocycles. The van der Waals surface area contributed by atoms with Gasteiger partial charge in [0.2, 0.25) is 0 Å². The van der Waals surface area contributed by atoms with E-state index in [0.29, 0.717) is 31.6 Å². The van der Waals surface area contributed by atoms with Gasteiger partial charge in [-0.25, -0.2) is 9.13 Å². The summed E-state index contributed by atoms with van der Waals surface area (Å²) in [6.45, 7) is 7.28. The second kappa shape index (κ2) is 76.8. The van der Waals surface area contributed by atoms with Crippen LogP contribution in [0.15, 0.2) is 0 Å². The molecule has 103 heavy (non-hydrogen) atoms. The van der Waals surface area contributed by atoms with Crippen molar-refractivity contribution in [2.45, 2.75) is 470 Å². The van der Waals surface area contributed by atoms with E-state index in [1.54, 1.807) is 0 Å². The van der Waals surface area contributed by atoms with Crippen molar-refractivity contribution in [3.63, 3.8) is 0 Å². The fourth-order valence-electron chi connectivity index (χ4n) is 13.1. The normalized spacial score (nSPS) is 13.8. The Morgan fingerprint density at radius 3 is 0.660 bits per heavy atom. The number of hydrogen-bond acceptors (Lipinski definition) is 15. The van der Waals surface area contributed by atoms with Crippen molar-refractivity contribution in [3.8, 4) is 0 Å². The van der Waals surface area contributed by atoms with Crippen LogP contribution in [0.4, 0.5) is 0 Å². The number of aliphatic hydroxyl groups is 1. The Labute approximate surface area is 632 Å². The summed E-state index contributed by atoms with van der Waals surface area (Å²) in [5, 5.41) is 10.7. The average Bonchev–Trinajstić information content (AvgIpc) is 0.913. The molecule has 0 bridgehead atoms. The maximum atomic E-state index is 13.1. The molecule has 0 aromatic heterocycles. The third-order valence-corrected chi connectivity index (χ3v) is 21.7. The summed E-state index contributed by atoms with van der Waals surface area (Å²) in [5.41, 5.74) is 0. The number of aliphatic hydroxyl groups excluding tert-OH is 1. The summed E-state index contributed by atoms with van der Waals surface area (Å²) in [7, 11) is -9.92. The highest BCUT2D eigenvalue weighted by Crippen LogP contribution is 2.45. The summed E-state index contributed by atoms with van der Waals surface area (Å²) in [6, 6.07) is 0. The second-order valence-corrected chi connectivity index (χ2v) is 33.6. The van der Waals surface area contributed by atoms with Crippen molar-refractivity contribution in [1.82, 2.24) is 0 Å². The molecule has 19 heteroatoms. The number of carbonyl (C=O) groups is 4. The minimum absolute atomic E-state index is 0.107. The Bertz CT molecular complexity index is 1960. The highest BCUT2D eigenvalue weighted by atomic mass is 31.2. The number of rotatable bonds is 84. The number of phosphoric acid groups is 2. The predicted octanol–water partition coefficient (Wildman–Crippen LogP) is 25.6. The highest BCUT2D eigenvalue weighted by Gasteiger charge is 2.30. The molecule has 612 valence electrons. The molecule has 0 radical (unpaired) electrons. The largest absolute Gasteiger partial charge is 0.472 e. The van der Waals surface area contributed by atoms with Gasteiger partial charge in [0.05, 0.1) is 26.4 Å². The van der Waals surface area contributed by atoms with Crippen molar-refractivity contribution < 1.29 is 80.2 Å². The van der Waals surface area contributed by atoms with Gasteiger partial charge in [0, 0.05) is 25.7 Å². The third-order valence-electron chi connectivity index (χ3n) is 19.8. The van der Waals surface area contributed by atoms with Crippen LogP contribution >= 0.6 is 15.6 Å². The molecule has 0 fully saturated rings. The standard InChI is InChI=1S/C84H164O17P2/c1-6-9-12-15-18-21-24-27-29-31-33-34-35-37-39-41-43-46-49-54-60-65-70-84(89)100-79(73-94-81(86)67-62-57-52-47-45-42-40-38-36-32-30-28-25-22-19-16-13-10-7-2)75-98-102(90,91)96-71-78(85)72-97-103(92,93)99-76-80(74-95-82(87)68-63-58-55-50-51-56-61-66-77(4)5)101-83(88)69-64-59-53-48-44-26-23-20-17-14-11-8-3/h77-80,85H,6-76H2,1-5H3,(H,90,91)(H,92,93)/t78-,79-,80-/m1/s1. The fraction of sp³-hybridized carbons (Fsp3) is 0.952. The Morgan fingerprint density at radius 2 is 0.447 bits per heavy atom. The molecular formula is C84H164O17P2. The van der Waals surface area contributed by atoms with E-state index < -0.39 is 97.5 Å². The zero-order valence-corrected chi connectivity index (χ0v) is 69.3. The zero-order valence-electron chi connectivity index (χ0n) is 67.5. The summed E-state index contributed by atoms with van der Waals surface area (Å²) in [5.74, 6) is -1.40. The molecule has 3 N–H and O–H groups in total. The number of unbranched alkanes of at least 4 members (excludes halogenated alkanes) is 56. The van der Waals surface area contributed by atoms with Crippen molar-refractivity contribution in [2.75, 3.05) is 39.6 Å².